The van der Waals surface area contributed by atoms with Gasteiger partial charge < -0.3 is 19.7 Å². The van der Waals surface area contributed by atoms with Crippen molar-refractivity contribution < 1.29 is 9.47 Å². The van der Waals surface area contributed by atoms with Crippen LogP contribution in [0.4, 0.5) is 11.4 Å². The first-order valence-corrected chi connectivity index (χ1v) is 19.3. The largest absolute Gasteiger partial charge is 0.652 e. The van der Waals surface area contributed by atoms with Gasteiger partial charge in [-0.1, -0.05) is 127 Å². The minimum absolute atomic E-state index is 0.0336. The second-order valence-electron chi connectivity index (χ2n) is 15.5. The van der Waals surface area contributed by atoms with E-state index in [9.17, 15) is 0 Å². The van der Waals surface area contributed by atoms with Gasteiger partial charge in [0.05, 0.1) is 12.2 Å². The van der Waals surface area contributed by atoms with Crippen LogP contribution in [0.15, 0.2) is 163 Å². The van der Waals surface area contributed by atoms with Crippen LogP contribution in [0.25, 0.3) is 16.4 Å². The minimum atomic E-state index is -0.279. The average Bonchev–Trinajstić information content (AvgIpc) is 3.56. The molecular formula is C48H43N2O2-. The van der Waals surface area contributed by atoms with E-state index in [-0.39, 0.29) is 41.4 Å². The molecule has 52 heavy (non-hydrogen) atoms. The summed E-state index contributed by atoms with van der Waals surface area (Å²) in [6.07, 6.45) is 36.6. The molecule has 0 aromatic heterocycles. The van der Waals surface area contributed by atoms with E-state index in [2.05, 4.69) is 157 Å². The van der Waals surface area contributed by atoms with Gasteiger partial charge in [0, 0.05) is 57.6 Å². The Kier molecular flexibility index (Phi) is 7.13. The second-order valence-corrected chi connectivity index (χ2v) is 15.5. The van der Waals surface area contributed by atoms with Crippen LogP contribution in [0.2, 0.25) is 0 Å². The monoisotopic (exact) mass is 679 g/mol. The third-order valence-electron chi connectivity index (χ3n) is 13.2. The molecule has 0 radical (unpaired) electrons. The summed E-state index contributed by atoms with van der Waals surface area (Å²) in [6, 6.07) is 25.5. The normalized spacial score (nSPS) is 34.3. The summed E-state index contributed by atoms with van der Waals surface area (Å²) in [5.74, 6) is 2.87. The molecule has 0 N–H and O–H groups in total. The molecule has 3 aromatic rings. The van der Waals surface area contributed by atoms with E-state index in [0.717, 1.165) is 43.7 Å². The van der Waals surface area contributed by atoms with Crippen LogP contribution in [0, 0.1) is 17.8 Å². The highest BCUT2D eigenvalue weighted by atomic mass is 16.5. The van der Waals surface area contributed by atoms with Gasteiger partial charge in [-0.25, -0.2) is 0 Å². The Labute approximate surface area is 306 Å². The zero-order valence-corrected chi connectivity index (χ0v) is 29.3. The van der Waals surface area contributed by atoms with Gasteiger partial charge in [-0.05, 0) is 61.1 Å². The molecule has 1 spiro atoms. The maximum absolute atomic E-state index is 7.27. The fourth-order valence-electron chi connectivity index (χ4n) is 11.1. The fraction of sp³-hybridized carbons (Fsp3) is 0.292. The van der Waals surface area contributed by atoms with E-state index >= 15 is 0 Å². The predicted octanol–water partition coefficient (Wildman–Crippen LogP) is 10.7. The van der Waals surface area contributed by atoms with Crippen LogP contribution < -0.4 is 9.64 Å². The van der Waals surface area contributed by atoms with Crippen molar-refractivity contribution in [3.8, 4) is 16.9 Å². The summed E-state index contributed by atoms with van der Waals surface area (Å²) in [4.78, 5) is 2.60. The lowest BCUT2D eigenvalue weighted by atomic mass is 9.48. The van der Waals surface area contributed by atoms with E-state index in [1.807, 2.05) is 0 Å². The molecule has 258 valence electrons. The molecule has 0 bridgehead atoms. The number of fused-ring (bicyclic) bond motifs is 11. The van der Waals surface area contributed by atoms with E-state index in [4.69, 9.17) is 14.8 Å². The predicted molar refractivity (Wildman–Crippen MR) is 210 cm³/mol. The topological polar surface area (TPSA) is 35.8 Å². The Balaban J connectivity index is 1.12. The lowest BCUT2D eigenvalue weighted by molar-refractivity contribution is -0.115. The Morgan fingerprint density at radius 1 is 0.750 bits per heavy atom. The molecular weight excluding hydrogens is 637 g/mol. The van der Waals surface area contributed by atoms with Gasteiger partial charge in [-0.2, -0.15) is 0 Å². The molecule has 0 saturated carbocycles. The van der Waals surface area contributed by atoms with Crippen molar-refractivity contribution >= 4 is 11.4 Å². The first-order chi connectivity index (χ1) is 25.8. The average molecular weight is 680 g/mol. The van der Waals surface area contributed by atoms with Crippen LogP contribution in [0.1, 0.15) is 42.7 Å². The molecule has 11 rings (SSSR count). The zero-order valence-electron chi connectivity index (χ0n) is 29.3. The van der Waals surface area contributed by atoms with Gasteiger partial charge in [0.1, 0.15) is 11.5 Å². The molecule has 8 aliphatic rings. The summed E-state index contributed by atoms with van der Waals surface area (Å²) in [7, 11) is 0. The van der Waals surface area contributed by atoms with Crippen LogP contribution in [0.5, 0.6) is 5.75 Å². The molecule has 3 aromatic carbocycles. The zero-order chi connectivity index (χ0) is 34.2. The van der Waals surface area contributed by atoms with E-state index in [1.54, 1.807) is 0 Å². The van der Waals surface area contributed by atoms with Crippen molar-refractivity contribution in [1.82, 2.24) is 0 Å². The van der Waals surface area contributed by atoms with Crippen molar-refractivity contribution in [3.05, 3.63) is 180 Å². The standard InChI is InChI=1S/C48H43N2O2/c1-2-14-32(15-3-1)50-41-23-7-4-16-35(41)46-33(17-13-24-42(46)50)34-18-12-21-39-47(34)52-44-26-9-6-20-37(44)48(39)36-19-5-8-25-43(36)51-45-30-31(27-28-38(45)48)40-22-10-11-29-49-40/h1-6,8-19,21,24-28,30,35-38,40-41,43,45H,7,20,22-23,29H2/q-1. The lowest BCUT2D eigenvalue weighted by Gasteiger charge is -2.60. The van der Waals surface area contributed by atoms with Gasteiger partial charge in [-0.15, -0.1) is 18.7 Å². The first kappa shape index (κ1) is 30.7. The van der Waals surface area contributed by atoms with Gasteiger partial charge in [-0.3, -0.25) is 0 Å². The van der Waals surface area contributed by atoms with Crippen molar-refractivity contribution in [2.24, 2.45) is 17.8 Å². The molecule has 4 aliphatic carbocycles. The van der Waals surface area contributed by atoms with Gasteiger partial charge in [0.2, 0.25) is 0 Å². The molecule has 0 amide bonds. The van der Waals surface area contributed by atoms with E-state index in [0.29, 0.717) is 12.0 Å². The van der Waals surface area contributed by atoms with Crippen LogP contribution >= 0.6 is 0 Å². The van der Waals surface area contributed by atoms with Crippen LogP contribution in [-0.2, 0) is 10.2 Å². The van der Waals surface area contributed by atoms with Crippen LogP contribution in [0.3, 0.4) is 0 Å². The van der Waals surface area contributed by atoms with E-state index in [1.165, 1.54) is 39.2 Å². The number of hydrogen-bond acceptors (Lipinski definition) is 3. The number of allylic oxidation sites excluding steroid dienone is 7. The number of anilines is 2. The molecule has 4 heteroatoms. The van der Waals surface area contributed by atoms with Gasteiger partial charge in [0.25, 0.3) is 0 Å². The molecule has 1 saturated heterocycles. The number of benzene rings is 3. The number of ether oxygens (including phenoxy) is 2. The summed E-state index contributed by atoms with van der Waals surface area (Å²) >= 11 is 0. The fourth-order valence-corrected chi connectivity index (χ4v) is 11.1. The van der Waals surface area contributed by atoms with Crippen molar-refractivity contribution in [2.45, 2.75) is 61.3 Å². The number of rotatable bonds is 3. The molecule has 9 atom stereocenters. The Morgan fingerprint density at radius 3 is 2.56 bits per heavy atom. The summed E-state index contributed by atoms with van der Waals surface area (Å²) in [6.45, 7) is 0.784. The molecule has 4 nitrogen and oxygen atoms in total. The molecule has 9 unspecified atom stereocenters. The third kappa shape index (κ3) is 4.41. The molecule has 1 fully saturated rings. The minimum Gasteiger partial charge on any atom is -0.652 e. The van der Waals surface area contributed by atoms with Crippen molar-refractivity contribution in [1.29, 1.82) is 0 Å². The summed E-state index contributed by atoms with van der Waals surface area (Å²) < 4.78 is 14.4. The second kappa shape index (κ2) is 12.1. The first-order valence-electron chi connectivity index (χ1n) is 19.3. The maximum Gasteiger partial charge on any atom is 0.138 e. The van der Waals surface area contributed by atoms with Gasteiger partial charge in [0.15, 0.2) is 0 Å². The smallest absolute Gasteiger partial charge is 0.138 e. The maximum atomic E-state index is 7.27. The van der Waals surface area contributed by atoms with Crippen molar-refractivity contribution in [3.63, 3.8) is 0 Å². The van der Waals surface area contributed by atoms with Gasteiger partial charge >= 0.3 is 0 Å². The quantitative estimate of drug-likeness (QED) is 0.259. The molecule has 4 heterocycles. The summed E-state index contributed by atoms with van der Waals surface area (Å²) in [5.41, 5.74) is 8.78. The SMILES string of the molecule is C1=CCC2C(=C1)Oc1c(-c3cccc4c3C3C=CCCC3N4c3ccccc3)cccc1C21C2C=CC=CC2OC2C=C(C3CC=CC[N-]3)C=CC21. The lowest BCUT2D eigenvalue weighted by Crippen LogP contribution is -2.62. The number of hydrogen-bond donors (Lipinski definition) is 0. The highest BCUT2D eigenvalue weighted by molar-refractivity contribution is 5.86. The Bertz CT molecular complexity index is 2180. The Morgan fingerprint density at radius 2 is 1.63 bits per heavy atom. The highest BCUT2D eigenvalue weighted by Crippen LogP contribution is 2.64. The third-order valence-corrected chi connectivity index (χ3v) is 13.2. The number of para-hydroxylation sites is 2. The molecule has 4 aliphatic heterocycles. The number of nitrogens with zero attached hydrogens (tertiary/aromatic N) is 2. The Hall–Kier alpha value is -4.90. The van der Waals surface area contributed by atoms with Crippen molar-refractivity contribution in [2.75, 3.05) is 11.4 Å². The van der Waals surface area contributed by atoms with Crippen LogP contribution in [-0.4, -0.2) is 30.8 Å². The summed E-state index contributed by atoms with van der Waals surface area (Å²) in [5, 5.41) is 4.97. The highest BCUT2D eigenvalue weighted by Gasteiger charge is 2.62. The van der Waals surface area contributed by atoms with E-state index < -0.39 is 0 Å².